The molecule has 1 fully saturated rings. The number of hydrogen-bond donors (Lipinski definition) is 0. The van der Waals surface area contributed by atoms with E-state index >= 15 is 0 Å². The first-order valence-electron chi connectivity index (χ1n) is 9.73. The second-order valence-corrected chi connectivity index (χ2v) is 9.47. The molecule has 7 heteroatoms. The van der Waals surface area contributed by atoms with Gasteiger partial charge in [0.25, 0.3) is 0 Å². The van der Waals surface area contributed by atoms with Crippen LogP contribution >= 0.6 is 0 Å². The smallest absolute Gasteiger partial charge is 0.243 e. The first kappa shape index (κ1) is 21.3. The molecule has 0 aliphatic carbocycles. The molecule has 0 radical (unpaired) electrons. The van der Waals surface area contributed by atoms with Crippen LogP contribution in [0.1, 0.15) is 24.0 Å². The number of benzene rings is 2. The summed E-state index contributed by atoms with van der Waals surface area (Å²) in [6.07, 6.45) is 1.34. The molecule has 2 aromatic carbocycles. The van der Waals surface area contributed by atoms with Gasteiger partial charge in [0, 0.05) is 25.8 Å². The fraction of sp³-hybridized carbons (Fsp3) is 0.409. The van der Waals surface area contributed by atoms with Crippen LogP contribution in [0.5, 0.6) is 5.75 Å². The van der Waals surface area contributed by atoms with Gasteiger partial charge in [-0.25, -0.2) is 8.42 Å². The van der Waals surface area contributed by atoms with Gasteiger partial charge in [0.1, 0.15) is 5.75 Å². The van der Waals surface area contributed by atoms with Crippen molar-refractivity contribution in [3.8, 4) is 5.75 Å². The molecule has 156 valence electrons. The number of aryl methyl sites for hydroxylation is 2. The minimum Gasteiger partial charge on any atom is -0.497 e. The molecule has 0 unspecified atom stereocenters. The molecular formula is C22H28N2O4S. The highest BCUT2D eigenvalue weighted by molar-refractivity contribution is 7.89. The van der Waals surface area contributed by atoms with Gasteiger partial charge in [0.05, 0.1) is 17.9 Å². The molecule has 2 aromatic rings. The maximum atomic E-state index is 13.2. The number of piperidine rings is 1. The number of nitrogens with zero attached hydrogens (tertiary/aromatic N) is 2. The lowest BCUT2D eigenvalue weighted by Gasteiger charge is -2.33. The summed E-state index contributed by atoms with van der Waals surface area (Å²) < 4.78 is 33.1. The highest BCUT2D eigenvalue weighted by Crippen LogP contribution is 2.28. The number of hydrogen-bond acceptors (Lipinski definition) is 4. The molecule has 1 aliphatic heterocycles. The van der Waals surface area contributed by atoms with Crippen LogP contribution in [0.4, 0.5) is 5.69 Å². The Morgan fingerprint density at radius 3 is 2.48 bits per heavy atom. The van der Waals surface area contributed by atoms with Gasteiger partial charge in [-0.15, -0.1) is 0 Å². The van der Waals surface area contributed by atoms with Crippen LogP contribution < -0.4 is 9.64 Å². The topological polar surface area (TPSA) is 66.9 Å². The van der Waals surface area contributed by atoms with Crippen molar-refractivity contribution in [1.82, 2.24) is 4.31 Å². The third-order valence-electron chi connectivity index (χ3n) is 5.49. The Morgan fingerprint density at radius 2 is 1.83 bits per heavy atom. The summed E-state index contributed by atoms with van der Waals surface area (Å²) in [6, 6.07) is 12.7. The molecule has 0 aromatic heterocycles. The predicted octanol–water partition coefficient (Wildman–Crippen LogP) is 3.38. The summed E-state index contributed by atoms with van der Waals surface area (Å²) in [6.45, 7) is 4.32. The van der Waals surface area contributed by atoms with E-state index in [1.807, 2.05) is 31.2 Å². The summed E-state index contributed by atoms with van der Waals surface area (Å²) in [5.74, 6) is 0.282. The third kappa shape index (κ3) is 4.46. The standard InChI is InChI=1S/C22H28N2O4S/c1-16-7-8-17(2)21(14-16)29(26,27)24-13-5-6-18(15-24)22(25)23(3)19-9-11-20(28-4)12-10-19/h7-12,14,18H,5-6,13,15H2,1-4H3/t18-/m1/s1. The zero-order valence-corrected chi connectivity index (χ0v) is 18.2. The highest BCUT2D eigenvalue weighted by atomic mass is 32.2. The average molecular weight is 417 g/mol. The molecule has 1 aliphatic rings. The molecular weight excluding hydrogens is 388 g/mol. The van der Waals surface area contributed by atoms with E-state index in [2.05, 4.69) is 0 Å². The normalized spacial score (nSPS) is 17.7. The number of amides is 1. The fourth-order valence-corrected chi connectivity index (χ4v) is 5.53. The molecule has 1 atom stereocenters. The van der Waals surface area contributed by atoms with Crippen molar-refractivity contribution in [3.63, 3.8) is 0 Å². The van der Waals surface area contributed by atoms with Crippen molar-refractivity contribution in [2.75, 3.05) is 32.1 Å². The van der Waals surface area contributed by atoms with Crippen LogP contribution in [0.15, 0.2) is 47.4 Å². The number of carbonyl (C=O) groups is 1. The first-order chi connectivity index (χ1) is 13.7. The average Bonchev–Trinajstić information content (AvgIpc) is 2.74. The Bertz CT molecular complexity index is 986. The fourth-order valence-electron chi connectivity index (χ4n) is 3.69. The lowest BCUT2D eigenvalue weighted by Crippen LogP contribution is -2.46. The molecule has 0 saturated carbocycles. The van der Waals surface area contributed by atoms with Crippen molar-refractivity contribution in [1.29, 1.82) is 0 Å². The molecule has 6 nitrogen and oxygen atoms in total. The van der Waals surface area contributed by atoms with Crippen LogP contribution in [-0.2, 0) is 14.8 Å². The SMILES string of the molecule is COc1ccc(N(C)C(=O)[C@@H]2CCCN(S(=O)(=O)c3cc(C)ccc3C)C2)cc1. The van der Waals surface area contributed by atoms with Crippen molar-refractivity contribution in [2.24, 2.45) is 5.92 Å². The molecule has 1 amide bonds. The van der Waals surface area contributed by atoms with Gasteiger partial charge in [-0.1, -0.05) is 12.1 Å². The lowest BCUT2D eigenvalue weighted by atomic mass is 9.98. The summed E-state index contributed by atoms with van der Waals surface area (Å²) in [4.78, 5) is 15.0. The van der Waals surface area contributed by atoms with Gasteiger partial charge in [-0.05, 0) is 68.1 Å². The van der Waals surface area contributed by atoms with Crippen LogP contribution in [0.2, 0.25) is 0 Å². The Labute approximate surface area is 173 Å². The van der Waals surface area contributed by atoms with Gasteiger partial charge in [-0.2, -0.15) is 4.31 Å². The van der Waals surface area contributed by atoms with Crippen LogP contribution in [0.25, 0.3) is 0 Å². The van der Waals surface area contributed by atoms with Gasteiger partial charge >= 0.3 is 0 Å². The second-order valence-electron chi connectivity index (χ2n) is 7.57. The van der Waals surface area contributed by atoms with E-state index in [1.165, 1.54) is 4.31 Å². The van der Waals surface area contributed by atoms with Gasteiger partial charge < -0.3 is 9.64 Å². The van der Waals surface area contributed by atoms with E-state index in [0.717, 1.165) is 22.6 Å². The minimum absolute atomic E-state index is 0.0731. The van der Waals surface area contributed by atoms with Crippen molar-refractivity contribution in [3.05, 3.63) is 53.6 Å². The first-order valence-corrected chi connectivity index (χ1v) is 11.2. The molecule has 3 rings (SSSR count). The van der Waals surface area contributed by atoms with E-state index < -0.39 is 10.0 Å². The largest absolute Gasteiger partial charge is 0.497 e. The number of methoxy groups -OCH3 is 1. The molecule has 0 spiro atoms. The Balaban J connectivity index is 1.78. The molecule has 0 N–H and O–H groups in total. The van der Waals surface area contributed by atoms with Crippen molar-refractivity contribution in [2.45, 2.75) is 31.6 Å². The maximum Gasteiger partial charge on any atom is 0.243 e. The van der Waals surface area contributed by atoms with Crippen LogP contribution in [0.3, 0.4) is 0 Å². The predicted molar refractivity (Wildman–Crippen MR) is 114 cm³/mol. The second kappa shape index (κ2) is 8.55. The summed E-state index contributed by atoms with van der Waals surface area (Å²) in [5, 5.41) is 0. The molecule has 0 bridgehead atoms. The van der Waals surface area contributed by atoms with Gasteiger partial charge in [0.15, 0.2) is 0 Å². The van der Waals surface area contributed by atoms with Gasteiger partial charge in [0.2, 0.25) is 15.9 Å². The quantitative estimate of drug-likeness (QED) is 0.749. The summed E-state index contributed by atoms with van der Waals surface area (Å²) >= 11 is 0. The van der Waals surface area contributed by atoms with Crippen molar-refractivity contribution >= 4 is 21.6 Å². The zero-order valence-electron chi connectivity index (χ0n) is 17.4. The van der Waals surface area contributed by atoms with E-state index in [9.17, 15) is 13.2 Å². The molecule has 1 heterocycles. The lowest BCUT2D eigenvalue weighted by molar-refractivity contribution is -0.123. The third-order valence-corrected chi connectivity index (χ3v) is 7.49. The summed E-state index contributed by atoms with van der Waals surface area (Å²) in [7, 11) is -0.316. The zero-order chi connectivity index (χ0) is 21.2. The van der Waals surface area contributed by atoms with E-state index in [0.29, 0.717) is 24.3 Å². The van der Waals surface area contributed by atoms with E-state index in [-0.39, 0.29) is 18.4 Å². The van der Waals surface area contributed by atoms with Crippen LogP contribution in [0, 0.1) is 19.8 Å². The monoisotopic (exact) mass is 416 g/mol. The van der Waals surface area contributed by atoms with Gasteiger partial charge in [-0.3, -0.25) is 4.79 Å². The minimum atomic E-state index is -3.63. The summed E-state index contributed by atoms with van der Waals surface area (Å²) in [5.41, 5.74) is 2.38. The number of ether oxygens (including phenoxy) is 1. The maximum absolute atomic E-state index is 13.2. The highest BCUT2D eigenvalue weighted by Gasteiger charge is 2.35. The Kier molecular flexibility index (Phi) is 6.29. The Morgan fingerprint density at radius 1 is 1.14 bits per heavy atom. The number of carbonyl (C=O) groups excluding carboxylic acids is 1. The number of anilines is 1. The van der Waals surface area contributed by atoms with E-state index in [1.54, 1.807) is 44.2 Å². The molecule has 1 saturated heterocycles. The van der Waals surface area contributed by atoms with E-state index in [4.69, 9.17) is 4.74 Å². The molecule has 29 heavy (non-hydrogen) atoms. The van der Waals surface area contributed by atoms with Crippen LogP contribution in [-0.4, -0.2) is 45.9 Å². The number of sulfonamides is 1. The Hall–Kier alpha value is -2.38. The number of rotatable bonds is 5. The van der Waals surface area contributed by atoms with Crippen molar-refractivity contribution < 1.29 is 17.9 Å².